The monoisotopic (exact) mass is 547 g/mol. The van der Waals surface area contributed by atoms with Gasteiger partial charge in [-0.3, -0.25) is 9.31 Å². The molecule has 0 bridgehead atoms. The molecule has 1 aliphatic rings. The van der Waals surface area contributed by atoms with E-state index in [1.807, 2.05) is 52.0 Å². The number of nitrogens with one attached hydrogen (secondary N) is 4. The van der Waals surface area contributed by atoms with Gasteiger partial charge in [0.25, 0.3) is 0 Å². The summed E-state index contributed by atoms with van der Waals surface area (Å²) >= 11 is 0. The van der Waals surface area contributed by atoms with E-state index >= 15 is 0 Å². The Balaban J connectivity index is 1.51. The second-order valence-electron chi connectivity index (χ2n) is 10.5. The highest BCUT2D eigenvalue weighted by Gasteiger charge is 2.21. The third kappa shape index (κ3) is 6.07. The molecule has 1 aliphatic heterocycles. The number of benzene rings is 2. The highest BCUT2D eigenvalue weighted by molar-refractivity contribution is 7.85. The molecule has 5 rings (SSSR count). The first kappa shape index (κ1) is 27.1. The summed E-state index contributed by atoms with van der Waals surface area (Å²) in [6.07, 6.45) is 5.25. The minimum absolute atomic E-state index is 0.00647. The zero-order valence-electron chi connectivity index (χ0n) is 23.2. The van der Waals surface area contributed by atoms with Gasteiger partial charge in [0, 0.05) is 11.3 Å². The van der Waals surface area contributed by atoms with Gasteiger partial charge in [0.15, 0.2) is 5.65 Å². The predicted octanol–water partition coefficient (Wildman–Crippen LogP) is 6.27. The van der Waals surface area contributed by atoms with Crippen LogP contribution in [0, 0.1) is 6.92 Å². The van der Waals surface area contributed by atoms with Crippen LogP contribution in [0.5, 0.6) is 5.75 Å². The Bertz CT molecular complexity index is 1480. The van der Waals surface area contributed by atoms with Gasteiger partial charge >= 0.3 is 0 Å². The SMILES string of the molecule is Cc1cc(Nc2nc(Nc3ccccc3S(=O)C(C)C)c3cn[nH]c3n2)c(OC(C)C)cc1C1CCCCN1. The molecule has 10 heteroatoms. The number of nitrogens with zero attached hydrogens (tertiary/aromatic N) is 3. The maximum atomic E-state index is 13.0. The van der Waals surface area contributed by atoms with E-state index in [1.165, 1.54) is 24.0 Å². The first-order chi connectivity index (χ1) is 18.8. The first-order valence-electron chi connectivity index (χ1n) is 13.6. The zero-order chi connectivity index (χ0) is 27.5. The molecular weight excluding hydrogens is 510 g/mol. The van der Waals surface area contributed by atoms with Crippen molar-refractivity contribution in [1.29, 1.82) is 0 Å². The molecule has 0 amide bonds. The number of H-pyrrole nitrogens is 1. The van der Waals surface area contributed by atoms with Gasteiger partial charge < -0.3 is 20.7 Å². The summed E-state index contributed by atoms with van der Waals surface area (Å²) in [7, 11) is -1.16. The van der Waals surface area contributed by atoms with Crippen molar-refractivity contribution in [3.8, 4) is 5.75 Å². The molecule has 2 aromatic carbocycles. The van der Waals surface area contributed by atoms with Crippen LogP contribution in [0.3, 0.4) is 0 Å². The number of aryl methyl sites for hydroxylation is 1. The highest BCUT2D eigenvalue weighted by atomic mass is 32.2. The van der Waals surface area contributed by atoms with Gasteiger partial charge in [0.2, 0.25) is 5.95 Å². The van der Waals surface area contributed by atoms with Crippen molar-refractivity contribution in [2.45, 2.75) is 76.2 Å². The number of anilines is 4. The van der Waals surface area contributed by atoms with Crippen LogP contribution >= 0.6 is 0 Å². The van der Waals surface area contributed by atoms with Crippen LogP contribution in [0.4, 0.5) is 23.1 Å². The van der Waals surface area contributed by atoms with E-state index in [0.29, 0.717) is 23.5 Å². The summed E-state index contributed by atoms with van der Waals surface area (Å²) in [6, 6.07) is 12.2. The normalized spacial score (nSPS) is 16.5. The van der Waals surface area contributed by atoms with Crippen molar-refractivity contribution >= 4 is 45.0 Å². The Morgan fingerprint density at radius 2 is 1.87 bits per heavy atom. The molecule has 2 aromatic heterocycles. The molecule has 206 valence electrons. The summed E-state index contributed by atoms with van der Waals surface area (Å²) in [5, 5.41) is 18.3. The minimum atomic E-state index is -1.16. The topological polar surface area (TPSA) is 117 Å². The van der Waals surface area contributed by atoms with Crippen LogP contribution < -0.4 is 20.7 Å². The Hall–Kier alpha value is -3.50. The third-order valence-electron chi connectivity index (χ3n) is 6.76. The maximum Gasteiger partial charge on any atom is 0.231 e. The molecule has 2 atom stereocenters. The number of fused-ring (bicyclic) bond motifs is 1. The van der Waals surface area contributed by atoms with Crippen LogP contribution in [-0.2, 0) is 10.8 Å². The van der Waals surface area contributed by atoms with Crippen LogP contribution in [0.25, 0.3) is 11.0 Å². The third-order valence-corrected chi connectivity index (χ3v) is 8.40. The Kier molecular flexibility index (Phi) is 8.13. The second-order valence-corrected chi connectivity index (χ2v) is 12.5. The first-order valence-corrected chi connectivity index (χ1v) is 14.8. The fourth-order valence-corrected chi connectivity index (χ4v) is 5.94. The van der Waals surface area contributed by atoms with Gasteiger partial charge in [0.05, 0.1) is 44.8 Å². The lowest BCUT2D eigenvalue weighted by atomic mass is 9.93. The van der Waals surface area contributed by atoms with Crippen molar-refractivity contribution in [1.82, 2.24) is 25.5 Å². The molecule has 1 fully saturated rings. The van der Waals surface area contributed by atoms with E-state index in [1.54, 1.807) is 6.20 Å². The Morgan fingerprint density at radius 1 is 1.05 bits per heavy atom. The van der Waals surface area contributed by atoms with Gasteiger partial charge in [-0.15, -0.1) is 0 Å². The van der Waals surface area contributed by atoms with E-state index in [2.05, 4.69) is 50.2 Å². The van der Waals surface area contributed by atoms with Crippen LogP contribution in [0.1, 0.15) is 64.1 Å². The average Bonchev–Trinajstić information content (AvgIpc) is 3.39. The molecule has 4 N–H and O–H groups in total. The minimum Gasteiger partial charge on any atom is -0.489 e. The number of rotatable bonds is 9. The van der Waals surface area contributed by atoms with Crippen molar-refractivity contribution in [3.63, 3.8) is 0 Å². The zero-order valence-corrected chi connectivity index (χ0v) is 24.0. The van der Waals surface area contributed by atoms with Crippen molar-refractivity contribution < 1.29 is 8.95 Å². The smallest absolute Gasteiger partial charge is 0.231 e. The fraction of sp³-hybridized carbons (Fsp3) is 0.414. The van der Waals surface area contributed by atoms with Gasteiger partial charge in [-0.25, -0.2) is 0 Å². The van der Waals surface area contributed by atoms with E-state index in [-0.39, 0.29) is 11.4 Å². The quantitative estimate of drug-likeness (QED) is 0.194. The number of para-hydroxylation sites is 1. The molecule has 1 saturated heterocycles. The molecule has 2 unspecified atom stereocenters. The van der Waals surface area contributed by atoms with Gasteiger partial charge in [0.1, 0.15) is 11.6 Å². The molecule has 0 aliphatic carbocycles. The summed E-state index contributed by atoms with van der Waals surface area (Å²) in [4.78, 5) is 10.2. The van der Waals surface area contributed by atoms with Gasteiger partial charge in [-0.05, 0) is 75.5 Å². The number of hydrogen-bond donors (Lipinski definition) is 4. The number of aromatic nitrogens is 4. The van der Waals surface area contributed by atoms with Crippen LogP contribution in [0.2, 0.25) is 0 Å². The Labute approximate surface area is 232 Å². The molecule has 0 spiro atoms. The maximum absolute atomic E-state index is 13.0. The second kappa shape index (κ2) is 11.7. The van der Waals surface area contributed by atoms with E-state index in [9.17, 15) is 4.21 Å². The summed E-state index contributed by atoms with van der Waals surface area (Å²) in [5.74, 6) is 1.72. The Morgan fingerprint density at radius 3 is 2.62 bits per heavy atom. The molecule has 9 nitrogen and oxygen atoms in total. The average molecular weight is 548 g/mol. The lowest BCUT2D eigenvalue weighted by molar-refractivity contribution is 0.243. The largest absolute Gasteiger partial charge is 0.489 e. The van der Waals surface area contributed by atoms with E-state index < -0.39 is 10.8 Å². The number of aromatic amines is 1. The molecule has 0 saturated carbocycles. The van der Waals surface area contributed by atoms with Crippen molar-refractivity contribution in [2.75, 3.05) is 17.2 Å². The number of ether oxygens (including phenoxy) is 1. The van der Waals surface area contributed by atoms with Gasteiger partial charge in [-0.2, -0.15) is 15.1 Å². The predicted molar refractivity (Wildman–Crippen MR) is 158 cm³/mol. The molecular formula is C29H37N7O2S. The molecule has 0 radical (unpaired) electrons. The summed E-state index contributed by atoms with van der Waals surface area (Å²) in [6.45, 7) is 11.1. The lowest BCUT2D eigenvalue weighted by Gasteiger charge is -2.27. The van der Waals surface area contributed by atoms with Crippen LogP contribution in [0.15, 0.2) is 47.5 Å². The molecule has 39 heavy (non-hydrogen) atoms. The van der Waals surface area contributed by atoms with E-state index in [0.717, 1.165) is 40.4 Å². The summed E-state index contributed by atoms with van der Waals surface area (Å²) < 4.78 is 19.2. The highest BCUT2D eigenvalue weighted by Crippen LogP contribution is 2.37. The van der Waals surface area contributed by atoms with Crippen molar-refractivity contribution in [2.24, 2.45) is 0 Å². The van der Waals surface area contributed by atoms with Crippen LogP contribution in [-0.4, -0.2) is 42.3 Å². The van der Waals surface area contributed by atoms with Crippen molar-refractivity contribution in [3.05, 3.63) is 53.7 Å². The lowest BCUT2D eigenvalue weighted by Crippen LogP contribution is -2.27. The number of piperidine rings is 1. The van der Waals surface area contributed by atoms with Gasteiger partial charge in [-0.1, -0.05) is 32.4 Å². The number of hydrogen-bond acceptors (Lipinski definition) is 8. The summed E-state index contributed by atoms with van der Waals surface area (Å²) in [5.41, 5.74) is 4.56. The molecule has 3 heterocycles. The fourth-order valence-electron chi connectivity index (χ4n) is 4.88. The standard InChI is InChI=1S/C29H37N7O2S/c1-17(2)38-25-15-20(22-10-8-9-13-30-22)19(5)14-24(25)33-29-34-27(21-16-31-36-28(21)35-29)32-23-11-6-7-12-26(23)39(37)18(3)4/h6-7,11-12,14-18,22,30H,8-10,13H2,1-5H3,(H3,31,32,33,34,35,36). The molecule has 4 aromatic rings. The van der Waals surface area contributed by atoms with E-state index in [4.69, 9.17) is 9.72 Å².